The Bertz CT molecular complexity index is 691. The van der Waals surface area contributed by atoms with Crippen molar-refractivity contribution in [3.8, 4) is 0 Å². The number of benzene rings is 2. The van der Waals surface area contributed by atoms with Crippen molar-refractivity contribution in [3.63, 3.8) is 0 Å². The number of fused-ring (bicyclic) bond motifs is 1. The summed E-state index contributed by atoms with van der Waals surface area (Å²) in [7, 11) is 0. The van der Waals surface area contributed by atoms with E-state index >= 15 is 0 Å². The van der Waals surface area contributed by atoms with Gasteiger partial charge < -0.3 is 4.90 Å². The molecule has 0 saturated heterocycles. The maximum Gasteiger partial charge on any atom is 0.220 e. The van der Waals surface area contributed by atoms with Crippen molar-refractivity contribution in [2.24, 2.45) is 0 Å². The van der Waals surface area contributed by atoms with Crippen molar-refractivity contribution in [2.45, 2.75) is 25.3 Å². The summed E-state index contributed by atoms with van der Waals surface area (Å²) in [6.45, 7) is 2.50. The zero-order valence-electron chi connectivity index (χ0n) is 11.5. The van der Waals surface area contributed by atoms with Gasteiger partial charge in [-0.3, -0.25) is 4.79 Å². The highest BCUT2D eigenvalue weighted by Gasteiger charge is 2.39. The largest absolute Gasteiger partial charge is 0.335 e. The molecule has 0 aromatic heterocycles. The van der Waals surface area contributed by atoms with Gasteiger partial charge in [-0.1, -0.05) is 48.5 Å². The first-order valence-corrected chi connectivity index (χ1v) is 7.19. The molecule has 0 fully saturated rings. The van der Waals surface area contributed by atoms with Crippen LogP contribution in [-0.2, 0) is 11.2 Å². The minimum absolute atomic E-state index is 0.183. The lowest BCUT2D eigenvalue weighted by Gasteiger charge is -2.38. The van der Waals surface area contributed by atoms with Crippen LogP contribution in [0.15, 0.2) is 48.5 Å². The number of nitrogens with zero attached hydrogens (tertiary/aromatic N) is 1. The predicted octanol–water partition coefficient (Wildman–Crippen LogP) is 3.28. The van der Waals surface area contributed by atoms with Crippen molar-refractivity contribution < 1.29 is 4.79 Å². The molecule has 3 aliphatic rings. The molecule has 100 valence electrons. The summed E-state index contributed by atoms with van der Waals surface area (Å²) in [6.07, 6.45) is 0.934. The maximum absolute atomic E-state index is 12.0. The highest BCUT2D eigenvalue weighted by Crippen LogP contribution is 2.45. The van der Waals surface area contributed by atoms with Crippen LogP contribution in [0.4, 0.5) is 0 Å². The fourth-order valence-corrected chi connectivity index (χ4v) is 3.82. The normalized spacial score (nSPS) is 22.9. The van der Waals surface area contributed by atoms with Gasteiger partial charge in [-0.2, -0.15) is 0 Å². The average Bonchev–Trinajstić information content (AvgIpc) is 2.72. The monoisotopic (exact) mass is 263 g/mol. The fraction of sp³-hybridized carbons (Fsp3) is 0.278. The Morgan fingerprint density at radius 1 is 1.00 bits per heavy atom. The van der Waals surface area contributed by atoms with Crippen molar-refractivity contribution in [2.75, 3.05) is 6.54 Å². The van der Waals surface area contributed by atoms with Crippen LogP contribution in [-0.4, -0.2) is 17.4 Å². The van der Waals surface area contributed by atoms with Gasteiger partial charge in [0.05, 0.1) is 6.04 Å². The molecule has 5 rings (SSSR count). The molecule has 0 saturated carbocycles. The highest BCUT2D eigenvalue weighted by molar-refractivity contribution is 5.75. The zero-order chi connectivity index (χ0) is 13.7. The molecule has 1 amide bonds. The van der Waals surface area contributed by atoms with Gasteiger partial charge in [0.2, 0.25) is 5.91 Å². The lowest BCUT2D eigenvalue weighted by atomic mass is 9.84. The topological polar surface area (TPSA) is 20.3 Å². The molecule has 2 bridgehead atoms. The van der Waals surface area contributed by atoms with Gasteiger partial charge in [0.1, 0.15) is 0 Å². The minimum atomic E-state index is 0.183. The van der Waals surface area contributed by atoms with E-state index in [0.717, 1.165) is 13.0 Å². The van der Waals surface area contributed by atoms with Crippen LogP contribution in [0.25, 0.3) is 0 Å². The zero-order valence-corrected chi connectivity index (χ0v) is 11.5. The Kier molecular flexibility index (Phi) is 2.46. The first-order valence-electron chi connectivity index (χ1n) is 7.19. The molecule has 20 heavy (non-hydrogen) atoms. The molecular weight excluding hydrogens is 246 g/mol. The second-order valence-electron chi connectivity index (χ2n) is 5.77. The van der Waals surface area contributed by atoms with Crippen molar-refractivity contribution in [1.29, 1.82) is 0 Å². The van der Waals surface area contributed by atoms with E-state index in [1.54, 1.807) is 6.92 Å². The van der Waals surface area contributed by atoms with E-state index in [4.69, 9.17) is 0 Å². The Balaban J connectivity index is 1.97. The maximum atomic E-state index is 12.0. The fourth-order valence-electron chi connectivity index (χ4n) is 3.82. The Hall–Kier alpha value is -2.09. The molecule has 0 spiro atoms. The molecule has 2 aromatic rings. The van der Waals surface area contributed by atoms with Gasteiger partial charge in [0.25, 0.3) is 0 Å². The standard InChI is InChI=1S/C18H17NO/c1-12(20)19-11-17-14-7-3-2-6-13(14)10-18(19)16-9-5-4-8-15(16)17/h2-9,17-18H,10-11H2,1H3/t17-,18-/m0/s1. The lowest BCUT2D eigenvalue weighted by molar-refractivity contribution is -0.131. The molecule has 2 aliphatic heterocycles. The van der Waals surface area contributed by atoms with Crippen LogP contribution in [0, 0.1) is 0 Å². The summed E-state index contributed by atoms with van der Waals surface area (Å²) in [5.41, 5.74) is 5.52. The number of rotatable bonds is 0. The number of amides is 1. The molecule has 2 nitrogen and oxygen atoms in total. The molecule has 2 heteroatoms. The molecule has 0 N–H and O–H groups in total. The molecular formula is C18H17NO. The third-order valence-electron chi connectivity index (χ3n) is 4.73. The summed E-state index contributed by atoms with van der Waals surface area (Å²) in [6, 6.07) is 17.5. The van der Waals surface area contributed by atoms with Gasteiger partial charge in [0.15, 0.2) is 0 Å². The minimum Gasteiger partial charge on any atom is -0.335 e. The van der Waals surface area contributed by atoms with Crippen LogP contribution < -0.4 is 0 Å². The Labute approximate surface area is 119 Å². The second-order valence-corrected chi connectivity index (χ2v) is 5.77. The van der Waals surface area contributed by atoms with Gasteiger partial charge in [-0.05, 0) is 28.7 Å². The quantitative estimate of drug-likeness (QED) is 0.714. The van der Waals surface area contributed by atoms with Crippen LogP contribution in [0.3, 0.4) is 0 Å². The number of carbonyl (C=O) groups is 1. The first kappa shape index (κ1) is 11.7. The lowest BCUT2D eigenvalue weighted by Crippen LogP contribution is -2.40. The summed E-state index contributed by atoms with van der Waals surface area (Å²) >= 11 is 0. The second kappa shape index (κ2) is 4.20. The molecule has 0 unspecified atom stereocenters. The summed E-state index contributed by atoms with van der Waals surface area (Å²) in [4.78, 5) is 14.1. The van der Waals surface area contributed by atoms with Crippen LogP contribution in [0.2, 0.25) is 0 Å². The Morgan fingerprint density at radius 3 is 2.40 bits per heavy atom. The van der Waals surface area contributed by atoms with Crippen LogP contribution in [0.1, 0.15) is 41.1 Å². The third-order valence-corrected chi connectivity index (χ3v) is 4.73. The van der Waals surface area contributed by atoms with E-state index < -0.39 is 0 Å². The van der Waals surface area contributed by atoms with E-state index in [2.05, 4.69) is 48.5 Å². The Morgan fingerprint density at radius 2 is 1.65 bits per heavy atom. The number of carbonyl (C=O) groups excluding carboxylic acids is 1. The molecule has 2 heterocycles. The first-order chi connectivity index (χ1) is 9.75. The van der Waals surface area contributed by atoms with Crippen LogP contribution in [0.5, 0.6) is 0 Å². The number of hydrogen-bond donors (Lipinski definition) is 0. The summed E-state index contributed by atoms with van der Waals surface area (Å²) < 4.78 is 0. The van der Waals surface area contributed by atoms with E-state index in [1.807, 2.05) is 4.90 Å². The average molecular weight is 263 g/mol. The van der Waals surface area contributed by atoms with Gasteiger partial charge in [-0.25, -0.2) is 0 Å². The van der Waals surface area contributed by atoms with Gasteiger partial charge >= 0.3 is 0 Å². The number of hydrogen-bond acceptors (Lipinski definition) is 1. The summed E-state index contributed by atoms with van der Waals surface area (Å²) in [5, 5.41) is 0. The van der Waals surface area contributed by atoms with E-state index in [9.17, 15) is 4.79 Å². The smallest absolute Gasteiger partial charge is 0.220 e. The SMILES string of the molecule is CC(=O)N1C[C@H]2c3ccccc3C[C@H]1c1ccccc12. The highest BCUT2D eigenvalue weighted by atomic mass is 16.2. The van der Waals surface area contributed by atoms with Gasteiger partial charge in [0, 0.05) is 19.4 Å². The van der Waals surface area contributed by atoms with E-state index in [0.29, 0.717) is 5.92 Å². The van der Waals surface area contributed by atoms with Gasteiger partial charge in [-0.15, -0.1) is 0 Å². The molecule has 1 aliphatic carbocycles. The third kappa shape index (κ3) is 1.54. The van der Waals surface area contributed by atoms with E-state index in [-0.39, 0.29) is 11.9 Å². The molecule has 2 aromatic carbocycles. The molecule has 0 radical (unpaired) electrons. The predicted molar refractivity (Wildman–Crippen MR) is 78.6 cm³/mol. The van der Waals surface area contributed by atoms with E-state index in [1.165, 1.54) is 22.3 Å². The van der Waals surface area contributed by atoms with Crippen molar-refractivity contribution >= 4 is 5.91 Å². The van der Waals surface area contributed by atoms with Crippen molar-refractivity contribution in [3.05, 3.63) is 70.8 Å². The summed E-state index contributed by atoms with van der Waals surface area (Å²) in [5.74, 6) is 0.507. The molecule has 2 atom stereocenters. The van der Waals surface area contributed by atoms with Crippen molar-refractivity contribution in [1.82, 2.24) is 4.90 Å². The van der Waals surface area contributed by atoms with Crippen LogP contribution >= 0.6 is 0 Å².